The quantitative estimate of drug-likeness (QED) is 0.816. The topological polar surface area (TPSA) is 53.9 Å². The summed E-state index contributed by atoms with van der Waals surface area (Å²) in [6.07, 6.45) is 3.74. The van der Waals surface area contributed by atoms with Crippen molar-refractivity contribution in [2.45, 2.75) is 33.1 Å². The zero-order chi connectivity index (χ0) is 16.9. The molecule has 2 atom stereocenters. The van der Waals surface area contributed by atoms with E-state index >= 15 is 0 Å². The minimum absolute atomic E-state index is 0.00999. The Balaban J connectivity index is 1.51. The van der Waals surface area contributed by atoms with E-state index in [4.69, 9.17) is 4.74 Å². The normalized spacial score (nSPS) is 24.6. The Morgan fingerprint density at radius 2 is 1.88 bits per heavy atom. The van der Waals surface area contributed by atoms with Gasteiger partial charge in [0.15, 0.2) is 0 Å². The molecular weight excluding hydrogens is 302 g/mol. The molecule has 3 rings (SSSR count). The van der Waals surface area contributed by atoms with E-state index in [2.05, 4.69) is 15.4 Å². The summed E-state index contributed by atoms with van der Waals surface area (Å²) in [4.78, 5) is 14.1. The van der Waals surface area contributed by atoms with Crippen LogP contribution in [-0.4, -0.2) is 42.8 Å². The molecule has 24 heavy (non-hydrogen) atoms. The summed E-state index contributed by atoms with van der Waals surface area (Å²) in [5.74, 6) is 0.940. The Kier molecular flexibility index (Phi) is 5.51. The standard InChI is InChI=1S/C19H27N3O2/c1-14-15(2)19(23)21-20-18(14)16-6-8-17(9-7-16)24-13-5-12-22-10-3-4-11-22/h6-9,14-15H,3-5,10-13H2,1-2H3,(H,21,23). The number of hydrogen-bond donors (Lipinski definition) is 1. The van der Waals surface area contributed by atoms with Gasteiger partial charge in [-0.1, -0.05) is 13.8 Å². The van der Waals surface area contributed by atoms with Gasteiger partial charge in [0.25, 0.3) is 0 Å². The number of nitrogens with one attached hydrogen (secondary N) is 1. The maximum absolute atomic E-state index is 11.6. The van der Waals surface area contributed by atoms with Crippen LogP contribution in [-0.2, 0) is 4.79 Å². The fourth-order valence-corrected chi connectivity index (χ4v) is 3.32. The molecule has 5 heteroatoms. The minimum atomic E-state index is -0.0565. The average molecular weight is 329 g/mol. The maximum atomic E-state index is 11.6. The molecule has 0 spiro atoms. The lowest BCUT2D eigenvalue weighted by molar-refractivity contribution is -0.125. The minimum Gasteiger partial charge on any atom is -0.494 e. The fourth-order valence-electron chi connectivity index (χ4n) is 3.32. The Morgan fingerprint density at radius 1 is 1.17 bits per heavy atom. The number of carbonyl (C=O) groups excluding carboxylic acids is 1. The van der Waals surface area contributed by atoms with E-state index in [1.54, 1.807) is 0 Å². The van der Waals surface area contributed by atoms with Gasteiger partial charge in [0.2, 0.25) is 5.91 Å². The Hall–Kier alpha value is -1.88. The Labute approximate surface area is 144 Å². The predicted molar refractivity (Wildman–Crippen MR) is 95.2 cm³/mol. The van der Waals surface area contributed by atoms with Crippen LogP contribution < -0.4 is 10.2 Å². The largest absolute Gasteiger partial charge is 0.494 e. The number of benzene rings is 1. The molecule has 1 N–H and O–H groups in total. The van der Waals surface area contributed by atoms with Crippen LogP contribution >= 0.6 is 0 Å². The summed E-state index contributed by atoms with van der Waals surface area (Å²) < 4.78 is 5.84. The first-order chi connectivity index (χ1) is 11.6. The Morgan fingerprint density at radius 3 is 2.58 bits per heavy atom. The highest BCUT2D eigenvalue weighted by Gasteiger charge is 2.29. The van der Waals surface area contributed by atoms with Gasteiger partial charge in [0.1, 0.15) is 5.75 Å². The zero-order valence-corrected chi connectivity index (χ0v) is 14.6. The van der Waals surface area contributed by atoms with Crippen molar-refractivity contribution in [1.82, 2.24) is 10.3 Å². The van der Waals surface area contributed by atoms with Gasteiger partial charge in [-0.2, -0.15) is 5.10 Å². The SMILES string of the molecule is CC1C(=O)NN=C(c2ccc(OCCCN3CCCC3)cc2)C1C. The lowest BCUT2D eigenvalue weighted by atomic mass is 9.86. The smallest absolute Gasteiger partial charge is 0.243 e. The first kappa shape index (κ1) is 17.0. The number of hydrogen-bond acceptors (Lipinski definition) is 4. The van der Waals surface area contributed by atoms with Crippen molar-refractivity contribution in [3.05, 3.63) is 29.8 Å². The van der Waals surface area contributed by atoms with Gasteiger partial charge in [0, 0.05) is 18.4 Å². The molecule has 0 bridgehead atoms. The number of amides is 1. The van der Waals surface area contributed by atoms with Crippen LogP contribution in [0.25, 0.3) is 0 Å². The summed E-state index contributed by atoms with van der Waals surface area (Å²) in [7, 11) is 0. The van der Waals surface area contributed by atoms with E-state index in [1.165, 1.54) is 25.9 Å². The lowest BCUT2D eigenvalue weighted by Gasteiger charge is -2.25. The molecule has 0 aromatic heterocycles. The van der Waals surface area contributed by atoms with Crippen LogP contribution in [0, 0.1) is 11.8 Å². The second kappa shape index (κ2) is 7.79. The van der Waals surface area contributed by atoms with E-state index < -0.39 is 0 Å². The highest BCUT2D eigenvalue weighted by molar-refractivity contribution is 6.06. The molecule has 2 heterocycles. The van der Waals surface area contributed by atoms with Gasteiger partial charge in [-0.15, -0.1) is 0 Å². The van der Waals surface area contributed by atoms with Gasteiger partial charge < -0.3 is 9.64 Å². The third-order valence-corrected chi connectivity index (χ3v) is 5.12. The summed E-state index contributed by atoms with van der Waals surface area (Å²) in [5.41, 5.74) is 4.58. The summed E-state index contributed by atoms with van der Waals surface area (Å²) >= 11 is 0. The van der Waals surface area contributed by atoms with Crippen molar-refractivity contribution in [3.8, 4) is 5.75 Å². The van der Waals surface area contributed by atoms with Crippen molar-refractivity contribution < 1.29 is 9.53 Å². The third-order valence-electron chi connectivity index (χ3n) is 5.12. The van der Waals surface area contributed by atoms with E-state index in [1.807, 2.05) is 38.1 Å². The van der Waals surface area contributed by atoms with E-state index in [-0.39, 0.29) is 17.7 Å². The molecule has 1 aromatic carbocycles. The van der Waals surface area contributed by atoms with Crippen LogP contribution in [0.5, 0.6) is 5.75 Å². The number of rotatable bonds is 6. The summed E-state index contributed by atoms with van der Waals surface area (Å²) in [6.45, 7) is 8.34. The molecule has 2 aliphatic rings. The van der Waals surface area contributed by atoms with Gasteiger partial charge in [-0.05, 0) is 62.2 Å². The van der Waals surface area contributed by atoms with Crippen molar-refractivity contribution in [3.63, 3.8) is 0 Å². The van der Waals surface area contributed by atoms with Crippen LogP contribution in [0.1, 0.15) is 38.7 Å². The molecule has 0 aliphatic carbocycles. The third kappa shape index (κ3) is 3.96. The van der Waals surface area contributed by atoms with Crippen LogP contribution in [0.15, 0.2) is 29.4 Å². The van der Waals surface area contributed by atoms with Crippen molar-refractivity contribution in [1.29, 1.82) is 0 Å². The molecule has 0 radical (unpaired) electrons. The van der Waals surface area contributed by atoms with Crippen molar-refractivity contribution in [2.24, 2.45) is 16.9 Å². The van der Waals surface area contributed by atoms with Gasteiger partial charge in [-0.25, -0.2) is 5.43 Å². The predicted octanol–water partition coefficient (Wildman–Crippen LogP) is 2.66. The zero-order valence-electron chi connectivity index (χ0n) is 14.6. The fraction of sp³-hybridized carbons (Fsp3) is 0.579. The van der Waals surface area contributed by atoms with E-state index in [9.17, 15) is 4.79 Å². The summed E-state index contributed by atoms with van der Waals surface area (Å²) in [6, 6.07) is 8.02. The van der Waals surface area contributed by atoms with Gasteiger partial charge in [-0.3, -0.25) is 4.79 Å². The molecule has 130 valence electrons. The first-order valence-electron chi connectivity index (χ1n) is 8.98. The molecule has 2 unspecified atom stereocenters. The van der Waals surface area contributed by atoms with Crippen LogP contribution in [0.3, 0.4) is 0 Å². The van der Waals surface area contributed by atoms with Gasteiger partial charge in [0.05, 0.1) is 12.3 Å². The molecule has 1 aromatic rings. The first-order valence-corrected chi connectivity index (χ1v) is 8.98. The van der Waals surface area contributed by atoms with E-state index in [0.29, 0.717) is 0 Å². The average Bonchev–Trinajstić information content (AvgIpc) is 3.11. The molecule has 2 aliphatic heterocycles. The van der Waals surface area contributed by atoms with Crippen molar-refractivity contribution in [2.75, 3.05) is 26.2 Å². The molecule has 5 nitrogen and oxygen atoms in total. The molecular formula is C19H27N3O2. The maximum Gasteiger partial charge on any atom is 0.243 e. The highest BCUT2D eigenvalue weighted by atomic mass is 16.5. The lowest BCUT2D eigenvalue weighted by Crippen LogP contribution is -2.39. The number of carbonyl (C=O) groups is 1. The monoisotopic (exact) mass is 329 g/mol. The van der Waals surface area contributed by atoms with Crippen LogP contribution in [0.4, 0.5) is 0 Å². The summed E-state index contributed by atoms with van der Waals surface area (Å²) in [5, 5.41) is 4.23. The van der Waals surface area contributed by atoms with Crippen molar-refractivity contribution >= 4 is 11.6 Å². The molecule has 1 fully saturated rings. The number of ether oxygens (including phenoxy) is 1. The highest BCUT2D eigenvalue weighted by Crippen LogP contribution is 2.23. The number of nitrogens with zero attached hydrogens (tertiary/aromatic N) is 2. The number of likely N-dealkylation sites (tertiary alicyclic amines) is 1. The second-order valence-corrected chi connectivity index (χ2v) is 6.83. The molecule has 1 saturated heterocycles. The van der Waals surface area contributed by atoms with Gasteiger partial charge >= 0.3 is 0 Å². The number of hydrazone groups is 1. The second-order valence-electron chi connectivity index (χ2n) is 6.83. The molecule has 0 saturated carbocycles. The Bertz CT molecular complexity index is 591. The molecule has 1 amide bonds. The van der Waals surface area contributed by atoms with E-state index in [0.717, 1.165) is 36.6 Å². The van der Waals surface area contributed by atoms with Crippen LogP contribution in [0.2, 0.25) is 0 Å².